The molecular formula is C10H8ClNO3. The Bertz CT molecular complexity index is 412. The van der Waals surface area contributed by atoms with Gasteiger partial charge in [-0.15, -0.1) is 0 Å². The van der Waals surface area contributed by atoms with Crippen molar-refractivity contribution in [1.82, 2.24) is 0 Å². The van der Waals surface area contributed by atoms with Gasteiger partial charge in [-0.05, 0) is 6.07 Å². The smallest absolute Gasteiger partial charge is 0.343 e. The number of esters is 1. The number of hydrogen-bond donors (Lipinski definition) is 0. The highest BCUT2D eigenvalue weighted by Gasteiger charge is 2.07. The number of ether oxygens (including phenoxy) is 2. The summed E-state index contributed by atoms with van der Waals surface area (Å²) in [6.07, 6.45) is 0. The van der Waals surface area contributed by atoms with Crippen LogP contribution in [0.1, 0.15) is 0 Å². The minimum Gasteiger partial charge on any atom is -0.493 e. The summed E-state index contributed by atoms with van der Waals surface area (Å²) in [4.78, 5) is 14.0. The number of nitrogens with zero attached hydrogens (tertiary/aromatic N) is 1. The number of hydrogen-bond acceptors (Lipinski definition) is 3. The van der Waals surface area contributed by atoms with Gasteiger partial charge in [-0.3, -0.25) is 0 Å². The number of carbonyl (C=O) groups excluding carboxylic acids is 1. The van der Waals surface area contributed by atoms with E-state index in [9.17, 15) is 4.79 Å². The van der Waals surface area contributed by atoms with Crippen molar-refractivity contribution in [2.75, 3.05) is 13.7 Å². The van der Waals surface area contributed by atoms with Crippen LogP contribution in [0.15, 0.2) is 18.2 Å². The minimum absolute atomic E-state index is 0.237. The zero-order chi connectivity index (χ0) is 11.3. The second-order valence-electron chi connectivity index (χ2n) is 2.59. The van der Waals surface area contributed by atoms with Crippen molar-refractivity contribution < 1.29 is 14.3 Å². The quantitative estimate of drug-likeness (QED) is 0.586. The molecule has 0 fully saturated rings. The second-order valence-corrected chi connectivity index (χ2v) is 3.03. The molecule has 0 saturated carbocycles. The lowest BCUT2D eigenvalue weighted by atomic mass is 10.3. The van der Waals surface area contributed by atoms with Crippen LogP contribution in [0.4, 0.5) is 5.69 Å². The molecule has 0 N–H and O–H groups in total. The molecule has 0 bridgehead atoms. The standard InChI is InChI=1S/C10H8ClNO3/c1-12-8-4-3-7(11)5-9(8)15-6-10(13)14-2/h3-5H,6H2,2H3. The Morgan fingerprint density at radius 2 is 2.33 bits per heavy atom. The zero-order valence-electron chi connectivity index (χ0n) is 7.99. The average Bonchev–Trinajstić information content (AvgIpc) is 2.26. The van der Waals surface area contributed by atoms with E-state index in [4.69, 9.17) is 22.9 Å². The maximum atomic E-state index is 10.8. The highest BCUT2D eigenvalue weighted by Crippen LogP contribution is 2.30. The van der Waals surface area contributed by atoms with E-state index in [0.29, 0.717) is 10.7 Å². The van der Waals surface area contributed by atoms with Crippen LogP contribution in [0.5, 0.6) is 5.75 Å². The first-order valence-electron chi connectivity index (χ1n) is 4.04. The zero-order valence-corrected chi connectivity index (χ0v) is 8.75. The molecule has 0 saturated heterocycles. The molecule has 1 aromatic carbocycles. The number of carbonyl (C=O) groups is 1. The van der Waals surface area contributed by atoms with E-state index in [0.717, 1.165) is 0 Å². The number of halogens is 1. The highest BCUT2D eigenvalue weighted by atomic mass is 35.5. The first-order valence-corrected chi connectivity index (χ1v) is 4.42. The van der Waals surface area contributed by atoms with Gasteiger partial charge in [0.1, 0.15) is 5.75 Å². The Morgan fingerprint density at radius 1 is 1.60 bits per heavy atom. The predicted molar refractivity (Wildman–Crippen MR) is 55.2 cm³/mol. The van der Waals surface area contributed by atoms with Crippen molar-refractivity contribution in [2.24, 2.45) is 0 Å². The van der Waals surface area contributed by atoms with Gasteiger partial charge in [-0.1, -0.05) is 23.7 Å². The Balaban J connectivity index is 2.80. The summed E-state index contributed by atoms with van der Waals surface area (Å²) in [5, 5.41) is 0.447. The molecule has 0 unspecified atom stereocenters. The Labute approximate surface area is 92.2 Å². The molecule has 1 rings (SSSR count). The molecule has 0 aliphatic rings. The van der Waals surface area contributed by atoms with E-state index in [1.807, 2.05) is 0 Å². The molecule has 0 aliphatic carbocycles. The lowest BCUT2D eigenvalue weighted by Crippen LogP contribution is -2.12. The van der Waals surface area contributed by atoms with E-state index in [2.05, 4.69) is 9.58 Å². The molecule has 0 heterocycles. The summed E-state index contributed by atoms with van der Waals surface area (Å²) < 4.78 is 9.49. The second kappa shape index (κ2) is 5.23. The molecule has 0 atom stereocenters. The van der Waals surface area contributed by atoms with Gasteiger partial charge in [-0.2, -0.15) is 0 Å². The molecule has 0 aliphatic heterocycles. The first kappa shape index (κ1) is 11.3. The van der Waals surface area contributed by atoms with Crippen molar-refractivity contribution in [1.29, 1.82) is 0 Å². The molecule has 4 nitrogen and oxygen atoms in total. The first-order chi connectivity index (χ1) is 7.17. The summed E-state index contributed by atoms with van der Waals surface area (Å²) in [7, 11) is 1.26. The third kappa shape index (κ3) is 3.15. The average molecular weight is 226 g/mol. The van der Waals surface area contributed by atoms with Gasteiger partial charge in [0.2, 0.25) is 5.69 Å². The molecule has 0 aromatic heterocycles. The summed E-state index contributed by atoms with van der Waals surface area (Å²) in [6.45, 7) is 6.63. The summed E-state index contributed by atoms with van der Waals surface area (Å²) in [5.74, 6) is -0.228. The molecular weight excluding hydrogens is 218 g/mol. The lowest BCUT2D eigenvalue weighted by Gasteiger charge is -2.06. The lowest BCUT2D eigenvalue weighted by molar-refractivity contribution is -0.142. The van der Waals surface area contributed by atoms with Gasteiger partial charge in [0.15, 0.2) is 6.61 Å². The molecule has 0 amide bonds. The van der Waals surface area contributed by atoms with Crippen LogP contribution in [0.2, 0.25) is 5.02 Å². The van der Waals surface area contributed by atoms with Crippen LogP contribution in [0.25, 0.3) is 4.85 Å². The Hall–Kier alpha value is -1.73. The normalized spacial score (nSPS) is 9.13. The van der Waals surface area contributed by atoms with Gasteiger partial charge in [0.05, 0.1) is 13.7 Å². The van der Waals surface area contributed by atoms with Crippen LogP contribution in [-0.2, 0) is 9.53 Å². The van der Waals surface area contributed by atoms with Crippen LogP contribution in [-0.4, -0.2) is 19.7 Å². The summed E-state index contributed by atoms with van der Waals surface area (Å²) >= 11 is 5.72. The third-order valence-electron chi connectivity index (χ3n) is 1.62. The van der Waals surface area contributed by atoms with Crippen molar-refractivity contribution in [3.05, 3.63) is 34.6 Å². The maximum Gasteiger partial charge on any atom is 0.343 e. The van der Waals surface area contributed by atoms with E-state index < -0.39 is 5.97 Å². The van der Waals surface area contributed by atoms with Crippen molar-refractivity contribution in [2.45, 2.75) is 0 Å². The Morgan fingerprint density at radius 3 is 2.93 bits per heavy atom. The molecule has 0 spiro atoms. The predicted octanol–water partition coefficient (Wildman–Crippen LogP) is 2.44. The molecule has 78 valence electrons. The number of benzene rings is 1. The summed E-state index contributed by atoms with van der Waals surface area (Å²) in [6, 6.07) is 4.60. The van der Waals surface area contributed by atoms with Crippen LogP contribution >= 0.6 is 11.6 Å². The number of methoxy groups -OCH3 is 1. The van der Waals surface area contributed by atoms with Gasteiger partial charge in [-0.25, -0.2) is 9.64 Å². The SMILES string of the molecule is [C-]#[N+]c1ccc(Cl)cc1OCC(=O)OC. The largest absolute Gasteiger partial charge is 0.493 e. The third-order valence-corrected chi connectivity index (χ3v) is 1.85. The molecule has 1 aromatic rings. The highest BCUT2D eigenvalue weighted by molar-refractivity contribution is 6.30. The maximum absolute atomic E-state index is 10.8. The minimum atomic E-state index is -0.508. The van der Waals surface area contributed by atoms with Crippen molar-refractivity contribution in [3.8, 4) is 5.75 Å². The van der Waals surface area contributed by atoms with Crippen LogP contribution in [0.3, 0.4) is 0 Å². The Kier molecular flexibility index (Phi) is 3.95. The fraction of sp³-hybridized carbons (Fsp3) is 0.200. The van der Waals surface area contributed by atoms with Crippen LogP contribution in [0, 0.1) is 6.57 Å². The van der Waals surface area contributed by atoms with Gasteiger partial charge >= 0.3 is 5.97 Å². The van der Waals surface area contributed by atoms with Gasteiger partial charge < -0.3 is 9.47 Å². The van der Waals surface area contributed by atoms with Crippen LogP contribution < -0.4 is 4.74 Å². The van der Waals surface area contributed by atoms with Crippen molar-refractivity contribution >= 4 is 23.3 Å². The van der Waals surface area contributed by atoms with Gasteiger partial charge in [0.25, 0.3) is 0 Å². The van der Waals surface area contributed by atoms with E-state index in [-0.39, 0.29) is 12.4 Å². The topological polar surface area (TPSA) is 39.9 Å². The van der Waals surface area contributed by atoms with E-state index in [1.165, 1.54) is 19.2 Å². The molecule has 5 heteroatoms. The monoisotopic (exact) mass is 225 g/mol. The molecule has 15 heavy (non-hydrogen) atoms. The molecule has 0 radical (unpaired) electrons. The van der Waals surface area contributed by atoms with Crippen molar-refractivity contribution in [3.63, 3.8) is 0 Å². The summed E-state index contributed by atoms with van der Waals surface area (Å²) in [5.41, 5.74) is 0.309. The van der Waals surface area contributed by atoms with E-state index in [1.54, 1.807) is 6.07 Å². The fourth-order valence-corrected chi connectivity index (χ4v) is 1.05. The van der Waals surface area contributed by atoms with E-state index >= 15 is 0 Å². The number of rotatable bonds is 3. The fourth-order valence-electron chi connectivity index (χ4n) is 0.892. The van der Waals surface area contributed by atoms with Gasteiger partial charge in [0, 0.05) is 5.02 Å².